The maximum Gasteiger partial charge on any atom is 0.296 e. The van der Waals surface area contributed by atoms with Crippen LogP contribution >= 0.6 is 0 Å². The number of para-hydroxylation sites is 1. The number of nitrogens with zero attached hydrogens (tertiary/aromatic N) is 4. The van der Waals surface area contributed by atoms with E-state index in [4.69, 9.17) is 4.74 Å². The van der Waals surface area contributed by atoms with Gasteiger partial charge in [-0.3, -0.25) is 14.4 Å². The minimum atomic E-state index is -3.92. The summed E-state index contributed by atoms with van der Waals surface area (Å²) in [6, 6.07) is 12.5. The van der Waals surface area contributed by atoms with E-state index in [0.29, 0.717) is 17.8 Å². The van der Waals surface area contributed by atoms with Crippen LogP contribution < -0.4 is 4.90 Å². The zero-order valence-corrected chi connectivity index (χ0v) is 23.5. The Morgan fingerprint density at radius 3 is 2.42 bits per heavy atom. The zero-order chi connectivity index (χ0) is 28.8. The zero-order valence-electron chi connectivity index (χ0n) is 22.7. The third-order valence-corrected chi connectivity index (χ3v) is 9.51. The van der Waals surface area contributed by atoms with Crippen molar-refractivity contribution < 1.29 is 32.6 Å². The lowest BCUT2D eigenvalue weighted by atomic mass is 9.82. The monoisotopic (exact) mass is 568 g/mol. The molecule has 12 heteroatoms. The van der Waals surface area contributed by atoms with Crippen LogP contribution in [0.2, 0.25) is 0 Å². The molecule has 0 aromatic heterocycles. The highest BCUT2D eigenvalue weighted by Crippen LogP contribution is 2.53. The summed E-state index contributed by atoms with van der Waals surface area (Å²) in [5.74, 6) is -3.03. The van der Waals surface area contributed by atoms with Crippen LogP contribution in [0.3, 0.4) is 0 Å². The first-order valence-electron chi connectivity index (χ1n) is 13.1. The van der Waals surface area contributed by atoms with Crippen LogP contribution in [0.25, 0.3) is 5.76 Å². The van der Waals surface area contributed by atoms with Crippen LogP contribution in [-0.2, 0) is 34.7 Å². The molecule has 1 N–H and O–H groups in total. The van der Waals surface area contributed by atoms with Gasteiger partial charge in [-0.05, 0) is 39.2 Å². The lowest BCUT2D eigenvalue weighted by molar-refractivity contribution is -0.143. The maximum atomic E-state index is 14.2. The second kappa shape index (κ2) is 10.4. The molecule has 212 valence electrons. The number of anilines is 1. The number of sulfonamides is 1. The first-order valence-corrected chi connectivity index (χ1v) is 14.5. The van der Waals surface area contributed by atoms with E-state index in [9.17, 15) is 27.9 Å². The number of rotatable bonds is 7. The van der Waals surface area contributed by atoms with Gasteiger partial charge in [-0.1, -0.05) is 30.3 Å². The number of carbonyl (C=O) groups is 3. The lowest BCUT2D eigenvalue weighted by Gasteiger charge is -2.35. The van der Waals surface area contributed by atoms with Gasteiger partial charge in [-0.15, -0.1) is 0 Å². The number of ether oxygens (including phenoxy) is 1. The van der Waals surface area contributed by atoms with Crippen molar-refractivity contribution in [1.82, 2.24) is 14.1 Å². The number of Topliss-reactive ketones (excluding diaryl/α,β-unsaturated/α-hetero) is 1. The van der Waals surface area contributed by atoms with Gasteiger partial charge in [0.05, 0.1) is 29.4 Å². The number of fused-ring (bicyclic) bond motifs is 2. The molecule has 40 heavy (non-hydrogen) atoms. The molecule has 1 atom stereocenters. The molecular weight excluding hydrogens is 536 g/mol. The fourth-order valence-corrected chi connectivity index (χ4v) is 7.12. The van der Waals surface area contributed by atoms with Crippen molar-refractivity contribution in [3.05, 3.63) is 65.2 Å². The number of likely N-dealkylation sites (N-methyl/N-ethyl adjacent to an activating group) is 2. The average Bonchev–Trinajstić information content (AvgIpc) is 3.34. The Balaban J connectivity index is 1.72. The summed E-state index contributed by atoms with van der Waals surface area (Å²) in [7, 11) is -0.294. The van der Waals surface area contributed by atoms with Crippen molar-refractivity contribution >= 4 is 39.1 Å². The van der Waals surface area contributed by atoms with Crippen LogP contribution in [0, 0.1) is 0 Å². The topological polar surface area (TPSA) is 128 Å². The Hall–Kier alpha value is -3.58. The Morgan fingerprint density at radius 1 is 1.05 bits per heavy atom. The third kappa shape index (κ3) is 4.14. The van der Waals surface area contributed by atoms with Gasteiger partial charge in [0.1, 0.15) is 5.76 Å². The molecule has 1 unspecified atom stereocenters. The van der Waals surface area contributed by atoms with Crippen LogP contribution in [0.1, 0.15) is 18.1 Å². The van der Waals surface area contributed by atoms with E-state index in [1.165, 1.54) is 38.4 Å². The average molecular weight is 569 g/mol. The number of carbonyl (C=O) groups excluding carboxylic acids is 3. The molecule has 11 nitrogen and oxygen atoms in total. The van der Waals surface area contributed by atoms with Gasteiger partial charge in [0.2, 0.25) is 10.0 Å². The van der Waals surface area contributed by atoms with E-state index >= 15 is 0 Å². The molecule has 3 heterocycles. The molecule has 2 fully saturated rings. The van der Waals surface area contributed by atoms with Gasteiger partial charge in [-0.25, -0.2) is 8.42 Å². The summed E-state index contributed by atoms with van der Waals surface area (Å²) >= 11 is 0. The number of amides is 2. The fourth-order valence-electron chi connectivity index (χ4n) is 5.66. The summed E-state index contributed by atoms with van der Waals surface area (Å²) in [5.41, 5.74) is -1.29. The Labute approximate surface area is 233 Å². The normalized spacial score (nSPS) is 23.1. The van der Waals surface area contributed by atoms with Crippen molar-refractivity contribution in [1.29, 1.82) is 0 Å². The number of hydrogen-bond acceptors (Lipinski definition) is 8. The van der Waals surface area contributed by atoms with E-state index < -0.39 is 38.9 Å². The van der Waals surface area contributed by atoms with Crippen molar-refractivity contribution in [2.45, 2.75) is 17.4 Å². The van der Waals surface area contributed by atoms with Crippen LogP contribution in [-0.4, -0.2) is 105 Å². The second-order valence-corrected chi connectivity index (χ2v) is 12.1. The van der Waals surface area contributed by atoms with E-state index in [2.05, 4.69) is 0 Å². The summed E-state index contributed by atoms with van der Waals surface area (Å²) in [4.78, 5) is 46.0. The predicted molar refractivity (Wildman–Crippen MR) is 147 cm³/mol. The standard InChI is InChI=1S/C28H32N4O7S/c1-4-31-22-11-6-5-10-21(22)28(27(31)36)23(25(34)26(35)32(28)13-12-29(2)3)24(33)19-8-7-9-20(18-19)40(37,38)30-14-16-39-17-15-30/h5-11,18,33H,4,12-17H2,1-3H3. The number of hydrogen-bond donors (Lipinski definition) is 1. The molecule has 2 amide bonds. The van der Waals surface area contributed by atoms with Gasteiger partial charge in [0.15, 0.2) is 5.54 Å². The van der Waals surface area contributed by atoms with Gasteiger partial charge in [0.25, 0.3) is 17.6 Å². The molecule has 0 aliphatic carbocycles. The summed E-state index contributed by atoms with van der Waals surface area (Å²) in [6.45, 7) is 3.41. The van der Waals surface area contributed by atoms with Crippen molar-refractivity contribution in [3.63, 3.8) is 0 Å². The smallest absolute Gasteiger partial charge is 0.296 e. The Bertz CT molecular complexity index is 1510. The molecule has 0 saturated carbocycles. The van der Waals surface area contributed by atoms with Gasteiger partial charge in [0, 0.05) is 43.9 Å². The van der Waals surface area contributed by atoms with Crippen LogP contribution in [0.4, 0.5) is 5.69 Å². The molecule has 0 bridgehead atoms. The van der Waals surface area contributed by atoms with Gasteiger partial charge in [-0.2, -0.15) is 4.31 Å². The largest absolute Gasteiger partial charge is 0.507 e. The Kier molecular flexibility index (Phi) is 7.29. The SMILES string of the molecule is CCN1C(=O)C2(C(=C(O)c3cccc(S(=O)(=O)N4CCOCC4)c3)C(=O)C(=O)N2CCN(C)C)c2ccccc21. The molecule has 2 aromatic rings. The molecule has 2 aromatic carbocycles. The number of likely N-dealkylation sites (tertiary alicyclic amines) is 1. The van der Waals surface area contributed by atoms with Gasteiger partial charge >= 0.3 is 0 Å². The van der Waals surface area contributed by atoms with E-state index in [0.717, 1.165) is 0 Å². The number of aliphatic hydroxyl groups excluding tert-OH is 1. The molecular formula is C28H32N4O7S. The Morgan fingerprint density at radius 2 is 1.75 bits per heavy atom. The van der Waals surface area contributed by atoms with Crippen LogP contribution in [0.5, 0.6) is 0 Å². The number of benzene rings is 2. The second-order valence-electron chi connectivity index (χ2n) is 10.1. The van der Waals surface area contributed by atoms with Crippen molar-refractivity contribution in [2.75, 3.05) is 64.9 Å². The van der Waals surface area contributed by atoms with Crippen LogP contribution in [0.15, 0.2) is 59.0 Å². The lowest BCUT2D eigenvalue weighted by Crippen LogP contribution is -2.53. The highest BCUT2D eigenvalue weighted by atomic mass is 32.2. The number of aliphatic hydroxyl groups is 1. The summed E-state index contributed by atoms with van der Waals surface area (Å²) in [5, 5.41) is 11.7. The molecule has 2 saturated heterocycles. The molecule has 5 rings (SSSR count). The van der Waals surface area contributed by atoms with E-state index in [-0.39, 0.29) is 55.4 Å². The first kappa shape index (κ1) is 28.0. The summed E-state index contributed by atoms with van der Waals surface area (Å²) < 4.78 is 33.2. The minimum Gasteiger partial charge on any atom is -0.507 e. The molecule has 0 radical (unpaired) electrons. The van der Waals surface area contributed by atoms with E-state index in [1.807, 2.05) is 19.0 Å². The molecule has 3 aliphatic heterocycles. The van der Waals surface area contributed by atoms with Gasteiger partial charge < -0.3 is 24.5 Å². The quantitative estimate of drug-likeness (QED) is 0.300. The molecule has 1 spiro atoms. The highest BCUT2D eigenvalue weighted by molar-refractivity contribution is 7.89. The predicted octanol–water partition coefficient (Wildman–Crippen LogP) is 1.21. The fraction of sp³-hybridized carbons (Fsp3) is 0.393. The summed E-state index contributed by atoms with van der Waals surface area (Å²) in [6.07, 6.45) is 0. The number of morpholine rings is 1. The van der Waals surface area contributed by atoms with E-state index in [1.54, 1.807) is 31.2 Å². The number of ketones is 1. The van der Waals surface area contributed by atoms with Crippen molar-refractivity contribution in [2.24, 2.45) is 0 Å². The first-order chi connectivity index (χ1) is 19.1. The minimum absolute atomic E-state index is 0.0135. The van der Waals surface area contributed by atoms with Crippen molar-refractivity contribution in [3.8, 4) is 0 Å². The third-order valence-electron chi connectivity index (χ3n) is 7.61. The highest BCUT2D eigenvalue weighted by Gasteiger charge is 2.66. The molecule has 3 aliphatic rings. The maximum absolute atomic E-state index is 14.2.